The van der Waals surface area contributed by atoms with E-state index in [-0.39, 0.29) is 11.6 Å². The summed E-state index contributed by atoms with van der Waals surface area (Å²) >= 11 is 3.41. The lowest BCUT2D eigenvalue weighted by Gasteiger charge is -2.06. The highest BCUT2D eigenvalue weighted by Gasteiger charge is 2.19. The van der Waals surface area contributed by atoms with Gasteiger partial charge < -0.3 is 10.1 Å². The van der Waals surface area contributed by atoms with Crippen LogP contribution in [-0.4, -0.2) is 27.3 Å². The van der Waals surface area contributed by atoms with Gasteiger partial charge in [-0.25, -0.2) is 14.1 Å². The Hall–Kier alpha value is -3.52. The zero-order valence-electron chi connectivity index (χ0n) is 16.5. The Bertz CT molecular complexity index is 1130. The monoisotopic (exact) mass is 480 g/mol. The summed E-state index contributed by atoms with van der Waals surface area (Å²) in [5.41, 5.74) is 1.95. The van der Waals surface area contributed by atoms with Gasteiger partial charge in [-0.1, -0.05) is 15.9 Å². The Labute approximate surface area is 186 Å². The SMILES string of the molecule is CCOc1ccc(NC(=O)c2nc(-c3ccc(F)cc3)n(-c3ccc(Br)cc3)n2)cc1. The van der Waals surface area contributed by atoms with Crippen LogP contribution in [0, 0.1) is 5.82 Å². The fourth-order valence-corrected chi connectivity index (χ4v) is 3.21. The van der Waals surface area contributed by atoms with Crippen LogP contribution in [0.2, 0.25) is 0 Å². The minimum absolute atomic E-state index is 0.00358. The molecule has 6 nitrogen and oxygen atoms in total. The van der Waals surface area contributed by atoms with Crippen LogP contribution in [0.25, 0.3) is 17.1 Å². The van der Waals surface area contributed by atoms with Crippen LogP contribution in [-0.2, 0) is 0 Å². The molecule has 0 fully saturated rings. The van der Waals surface area contributed by atoms with E-state index in [1.165, 1.54) is 12.1 Å². The molecule has 0 saturated carbocycles. The number of hydrogen-bond acceptors (Lipinski definition) is 4. The van der Waals surface area contributed by atoms with Crippen molar-refractivity contribution < 1.29 is 13.9 Å². The molecule has 0 atom stereocenters. The average molecular weight is 481 g/mol. The molecule has 0 aliphatic heterocycles. The third-order valence-corrected chi connectivity index (χ3v) is 4.94. The minimum Gasteiger partial charge on any atom is -0.494 e. The lowest BCUT2D eigenvalue weighted by atomic mass is 10.2. The molecular weight excluding hydrogens is 463 g/mol. The number of nitrogens with zero attached hydrogens (tertiary/aromatic N) is 3. The van der Waals surface area contributed by atoms with Gasteiger partial charge in [0.05, 0.1) is 12.3 Å². The number of anilines is 1. The molecule has 156 valence electrons. The molecule has 1 aromatic heterocycles. The normalized spacial score (nSPS) is 10.7. The van der Waals surface area contributed by atoms with Crippen molar-refractivity contribution in [1.29, 1.82) is 0 Å². The van der Waals surface area contributed by atoms with Crippen molar-refractivity contribution in [3.63, 3.8) is 0 Å². The number of rotatable bonds is 6. The number of benzene rings is 3. The van der Waals surface area contributed by atoms with E-state index in [0.717, 1.165) is 15.9 Å². The van der Waals surface area contributed by atoms with Crippen molar-refractivity contribution in [1.82, 2.24) is 14.8 Å². The minimum atomic E-state index is -0.455. The lowest BCUT2D eigenvalue weighted by Crippen LogP contribution is -2.14. The first-order valence-electron chi connectivity index (χ1n) is 9.56. The van der Waals surface area contributed by atoms with Gasteiger partial charge in [-0.15, -0.1) is 5.10 Å². The van der Waals surface area contributed by atoms with Crippen LogP contribution in [0.4, 0.5) is 10.1 Å². The molecule has 8 heteroatoms. The molecular formula is C23H18BrFN4O2. The molecule has 1 heterocycles. The number of halogens is 2. The van der Waals surface area contributed by atoms with E-state index >= 15 is 0 Å². The second kappa shape index (κ2) is 9.09. The molecule has 4 rings (SSSR count). The van der Waals surface area contributed by atoms with E-state index in [2.05, 4.69) is 31.3 Å². The summed E-state index contributed by atoms with van der Waals surface area (Å²) in [6, 6.07) is 20.4. The van der Waals surface area contributed by atoms with Crippen molar-refractivity contribution in [3.05, 3.63) is 88.9 Å². The maximum Gasteiger partial charge on any atom is 0.295 e. The van der Waals surface area contributed by atoms with Crippen molar-refractivity contribution in [2.75, 3.05) is 11.9 Å². The van der Waals surface area contributed by atoms with Gasteiger partial charge in [0.15, 0.2) is 5.82 Å². The Morgan fingerprint density at radius 2 is 1.71 bits per heavy atom. The third-order valence-electron chi connectivity index (χ3n) is 4.41. The van der Waals surface area contributed by atoms with Crippen molar-refractivity contribution >= 4 is 27.5 Å². The Kier molecular flexibility index (Phi) is 6.08. The average Bonchev–Trinajstić information content (AvgIpc) is 3.22. The largest absolute Gasteiger partial charge is 0.494 e. The second-order valence-corrected chi connectivity index (χ2v) is 7.48. The Morgan fingerprint density at radius 3 is 2.35 bits per heavy atom. The third kappa shape index (κ3) is 4.80. The van der Waals surface area contributed by atoms with Gasteiger partial charge in [-0.3, -0.25) is 4.79 Å². The second-order valence-electron chi connectivity index (χ2n) is 6.57. The first-order valence-corrected chi connectivity index (χ1v) is 10.4. The highest BCUT2D eigenvalue weighted by atomic mass is 79.9. The van der Waals surface area contributed by atoms with E-state index in [0.29, 0.717) is 23.7 Å². The lowest BCUT2D eigenvalue weighted by molar-refractivity contribution is 0.101. The number of nitrogens with one attached hydrogen (secondary N) is 1. The molecule has 4 aromatic rings. The fraction of sp³-hybridized carbons (Fsp3) is 0.0870. The van der Waals surface area contributed by atoms with Crippen LogP contribution in [0.1, 0.15) is 17.5 Å². The summed E-state index contributed by atoms with van der Waals surface area (Å²) in [6.07, 6.45) is 0. The van der Waals surface area contributed by atoms with Gasteiger partial charge in [0.2, 0.25) is 5.82 Å². The van der Waals surface area contributed by atoms with Gasteiger partial charge in [0.1, 0.15) is 11.6 Å². The maximum atomic E-state index is 13.4. The van der Waals surface area contributed by atoms with Gasteiger partial charge in [-0.2, -0.15) is 0 Å². The quantitative estimate of drug-likeness (QED) is 0.396. The Morgan fingerprint density at radius 1 is 1.03 bits per heavy atom. The van der Waals surface area contributed by atoms with Crippen LogP contribution in [0.5, 0.6) is 5.75 Å². The van der Waals surface area contributed by atoms with E-state index in [4.69, 9.17) is 4.74 Å². The van der Waals surface area contributed by atoms with E-state index in [1.807, 2.05) is 31.2 Å². The molecule has 0 aliphatic rings. The number of aromatic nitrogens is 3. The van der Waals surface area contributed by atoms with Crippen molar-refractivity contribution in [2.45, 2.75) is 6.92 Å². The zero-order chi connectivity index (χ0) is 21.8. The molecule has 0 spiro atoms. The molecule has 31 heavy (non-hydrogen) atoms. The molecule has 0 bridgehead atoms. The first-order chi connectivity index (χ1) is 15.0. The van der Waals surface area contributed by atoms with Crippen LogP contribution in [0.15, 0.2) is 77.3 Å². The van der Waals surface area contributed by atoms with E-state index in [1.54, 1.807) is 41.1 Å². The first kappa shape index (κ1) is 20.7. The number of amides is 1. The summed E-state index contributed by atoms with van der Waals surface area (Å²) in [5, 5.41) is 7.20. The maximum absolute atomic E-state index is 13.4. The topological polar surface area (TPSA) is 69.0 Å². The Balaban J connectivity index is 1.67. The molecule has 0 unspecified atom stereocenters. The van der Waals surface area contributed by atoms with E-state index in [9.17, 15) is 9.18 Å². The molecule has 0 aliphatic carbocycles. The van der Waals surface area contributed by atoms with Gasteiger partial charge >= 0.3 is 0 Å². The predicted octanol–water partition coefficient (Wildman–Crippen LogP) is 5.49. The smallest absolute Gasteiger partial charge is 0.295 e. The number of hydrogen-bond donors (Lipinski definition) is 1. The fourth-order valence-electron chi connectivity index (χ4n) is 2.94. The number of carbonyl (C=O) groups excluding carboxylic acids is 1. The summed E-state index contributed by atoms with van der Waals surface area (Å²) in [6.45, 7) is 2.47. The van der Waals surface area contributed by atoms with Crippen molar-refractivity contribution in [2.24, 2.45) is 0 Å². The molecule has 0 radical (unpaired) electrons. The van der Waals surface area contributed by atoms with Crippen LogP contribution >= 0.6 is 15.9 Å². The molecule has 1 N–H and O–H groups in total. The standard InChI is InChI=1S/C23H18BrFN4O2/c1-2-31-20-13-9-18(10-14-20)26-23(30)21-27-22(15-3-7-17(25)8-4-15)29(28-21)19-11-5-16(24)6-12-19/h3-14H,2H2,1H3,(H,26,30). The highest BCUT2D eigenvalue weighted by molar-refractivity contribution is 9.10. The summed E-state index contributed by atoms with van der Waals surface area (Å²) in [4.78, 5) is 17.2. The predicted molar refractivity (Wildman–Crippen MR) is 120 cm³/mol. The van der Waals surface area contributed by atoms with Gasteiger partial charge in [-0.05, 0) is 79.7 Å². The summed E-state index contributed by atoms with van der Waals surface area (Å²) < 4.78 is 21.3. The summed E-state index contributed by atoms with van der Waals surface area (Å²) in [5.74, 6) is 0.335. The summed E-state index contributed by atoms with van der Waals surface area (Å²) in [7, 11) is 0. The molecule has 1 amide bonds. The molecule has 3 aromatic carbocycles. The van der Waals surface area contributed by atoms with Gasteiger partial charge in [0.25, 0.3) is 5.91 Å². The van der Waals surface area contributed by atoms with Crippen LogP contribution < -0.4 is 10.1 Å². The number of ether oxygens (including phenoxy) is 1. The number of carbonyl (C=O) groups is 1. The molecule has 0 saturated heterocycles. The van der Waals surface area contributed by atoms with Gasteiger partial charge in [0, 0.05) is 15.7 Å². The van der Waals surface area contributed by atoms with E-state index < -0.39 is 5.91 Å². The highest BCUT2D eigenvalue weighted by Crippen LogP contribution is 2.23. The van der Waals surface area contributed by atoms with Crippen LogP contribution in [0.3, 0.4) is 0 Å². The van der Waals surface area contributed by atoms with Crippen molar-refractivity contribution in [3.8, 4) is 22.8 Å². The zero-order valence-corrected chi connectivity index (χ0v) is 18.1.